The number of hydrogen-bond acceptors (Lipinski definition) is 5. The molecule has 0 unspecified atom stereocenters. The number of thioether (sulfide) groups is 1. The summed E-state index contributed by atoms with van der Waals surface area (Å²) in [4.78, 5) is 23.3. The minimum atomic E-state index is 0.0656. The highest BCUT2D eigenvalue weighted by Crippen LogP contribution is 2.11. The zero-order valence-electron chi connectivity index (χ0n) is 13.7. The van der Waals surface area contributed by atoms with Crippen LogP contribution in [0.5, 0.6) is 0 Å². The first kappa shape index (κ1) is 18.5. The van der Waals surface area contributed by atoms with E-state index in [4.69, 9.17) is 9.47 Å². The molecule has 2 amide bonds. The van der Waals surface area contributed by atoms with Gasteiger partial charge in [0.2, 0.25) is 11.8 Å². The molecule has 2 rings (SSSR count). The van der Waals surface area contributed by atoms with Crippen molar-refractivity contribution < 1.29 is 19.1 Å². The van der Waals surface area contributed by atoms with Crippen LogP contribution in [0.3, 0.4) is 0 Å². The van der Waals surface area contributed by atoms with E-state index in [1.54, 1.807) is 11.8 Å². The quantitative estimate of drug-likeness (QED) is 0.580. The van der Waals surface area contributed by atoms with E-state index in [1.807, 2.05) is 0 Å². The highest BCUT2D eigenvalue weighted by atomic mass is 32.2. The van der Waals surface area contributed by atoms with Gasteiger partial charge in [0.05, 0.1) is 12.2 Å². The average molecular weight is 344 g/mol. The minimum Gasteiger partial charge on any atom is -0.376 e. The van der Waals surface area contributed by atoms with Gasteiger partial charge in [-0.25, -0.2) is 0 Å². The largest absolute Gasteiger partial charge is 0.376 e. The molecule has 0 aromatic rings. The standard InChI is InChI=1S/C16H28N2O4S/c19-15(17-11-13-3-1-7-21-13)5-9-23-10-6-16(20)18-12-14-4-2-8-22-14/h13-14H,1-12H2,(H,17,19)(H,18,20)/t13-,14+. The molecule has 2 N–H and O–H groups in total. The Kier molecular flexibility index (Phi) is 8.78. The Morgan fingerprint density at radius 2 is 1.35 bits per heavy atom. The monoisotopic (exact) mass is 344 g/mol. The van der Waals surface area contributed by atoms with Gasteiger partial charge in [0.15, 0.2) is 0 Å². The van der Waals surface area contributed by atoms with E-state index in [9.17, 15) is 9.59 Å². The molecule has 6 nitrogen and oxygen atoms in total. The predicted molar refractivity (Wildman–Crippen MR) is 90.5 cm³/mol. The lowest BCUT2D eigenvalue weighted by Crippen LogP contribution is -2.32. The van der Waals surface area contributed by atoms with E-state index in [-0.39, 0.29) is 24.0 Å². The number of amides is 2. The highest BCUT2D eigenvalue weighted by molar-refractivity contribution is 7.99. The maximum Gasteiger partial charge on any atom is 0.220 e. The molecule has 23 heavy (non-hydrogen) atoms. The summed E-state index contributed by atoms with van der Waals surface area (Å²) >= 11 is 1.64. The smallest absolute Gasteiger partial charge is 0.220 e. The molecule has 7 heteroatoms. The lowest BCUT2D eigenvalue weighted by atomic mass is 10.2. The predicted octanol–water partition coefficient (Wildman–Crippen LogP) is 1.09. The summed E-state index contributed by atoms with van der Waals surface area (Å²) in [6.07, 6.45) is 5.63. The van der Waals surface area contributed by atoms with Gasteiger partial charge in [-0.05, 0) is 25.7 Å². The lowest BCUT2D eigenvalue weighted by molar-refractivity contribution is -0.121. The van der Waals surface area contributed by atoms with Gasteiger partial charge in [0, 0.05) is 50.7 Å². The van der Waals surface area contributed by atoms with Gasteiger partial charge >= 0.3 is 0 Å². The molecule has 2 heterocycles. The first-order valence-electron chi connectivity index (χ1n) is 8.58. The van der Waals surface area contributed by atoms with Gasteiger partial charge in [0.25, 0.3) is 0 Å². The zero-order valence-corrected chi connectivity index (χ0v) is 14.5. The topological polar surface area (TPSA) is 76.7 Å². The molecule has 2 fully saturated rings. The molecule has 0 spiro atoms. The van der Waals surface area contributed by atoms with Crippen LogP contribution in [0, 0.1) is 0 Å². The average Bonchev–Trinajstić information content (AvgIpc) is 3.24. The molecule has 0 saturated carbocycles. The van der Waals surface area contributed by atoms with Gasteiger partial charge in [-0.2, -0.15) is 11.8 Å². The van der Waals surface area contributed by atoms with E-state index in [1.165, 1.54) is 0 Å². The molecule has 0 radical (unpaired) electrons. The zero-order chi connectivity index (χ0) is 16.3. The summed E-state index contributed by atoms with van der Waals surface area (Å²) in [5.74, 6) is 1.62. The number of carbonyl (C=O) groups excluding carboxylic acids is 2. The van der Waals surface area contributed by atoms with Crippen LogP contribution >= 0.6 is 11.8 Å². The van der Waals surface area contributed by atoms with Crippen LogP contribution in [0.1, 0.15) is 38.5 Å². The molecule has 132 valence electrons. The molecule has 2 saturated heterocycles. The minimum absolute atomic E-state index is 0.0656. The third kappa shape index (κ3) is 8.04. The molecule has 0 bridgehead atoms. The van der Waals surface area contributed by atoms with Gasteiger partial charge in [-0.15, -0.1) is 0 Å². The van der Waals surface area contributed by atoms with Gasteiger partial charge in [-0.1, -0.05) is 0 Å². The van der Waals surface area contributed by atoms with E-state index < -0.39 is 0 Å². The Morgan fingerprint density at radius 1 is 0.870 bits per heavy atom. The Hall–Kier alpha value is -0.790. The van der Waals surface area contributed by atoms with Crippen LogP contribution in [0.2, 0.25) is 0 Å². The molecule has 2 aliphatic heterocycles. The van der Waals surface area contributed by atoms with Crippen molar-refractivity contribution in [3.63, 3.8) is 0 Å². The number of rotatable bonds is 10. The summed E-state index contributed by atoms with van der Waals surface area (Å²) in [7, 11) is 0. The Balaban J connectivity index is 1.39. The molecule has 2 aliphatic rings. The number of ether oxygens (including phenoxy) is 2. The van der Waals surface area contributed by atoms with Crippen LogP contribution in [0.4, 0.5) is 0 Å². The highest BCUT2D eigenvalue weighted by Gasteiger charge is 2.17. The van der Waals surface area contributed by atoms with Crippen molar-refractivity contribution in [2.75, 3.05) is 37.8 Å². The van der Waals surface area contributed by atoms with Crippen molar-refractivity contribution in [2.45, 2.75) is 50.7 Å². The second-order valence-corrected chi connectivity index (χ2v) is 7.22. The second kappa shape index (κ2) is 10.9. The SMILES string of the molecule is O=C(CCSCCC(=O)NC[C@@H]1CCCO1)NC[C@H]1CCCO1. The Morgan fingerprint density at radius 3 is 1.74 bits per heavy atom. The third-order valence-corrected chi connectivity index (χ3v) is 5.03. The Bertz CT molecular complexity index is 335. The van der Waals surface area contributed by atoms with E-state index in [0.717, 1.165) is 50.4 Å². The van der Waals surface area contributed by atoms with Crippen molar-refractivity contribution in [1.29, 1.82) is 0 Å². The fourth-order valence-corrected chi connectivity index (χ4v) is 3.54. The maximum atomic E-state index is 11.7. The maximum absolute atomic E-state index is 11.7. The summed E-state index contributed by atoms with van der Waals surface area (Å²) in [5, 5.41) is 5.81. The second-order valence-electron chi connectivity index (χ2n) is 5.99. The van der Waals surface area contributed by atoms with Crippen molar-refractivity contribution >= 4 is 23.6 Å². The Labute approximate surface area is 142 Å². The van der Waals surface area contributed by atoms with Crippen molar-refractivity contribution in [3.05, 3.63) is 0 Å². The van der Waals surface area contributed by atoms with Crippen LogP contribution in [-0.2, 0) is 19.1 Å². The molecular weight excluding hydrogens is 316 g/mol. The fraction of sp³-hybridized carbons (Fsp3) is 0.875. The van der Waals surface area contributed by atoms with Crippen LogP contribution in [0.25, 0.3) is 0 Å². The van der Waals surface area contributed by atoms with Crippen LogP contribution in [-0.4, -0.2) is 61.8 Å². The molecule has 2 atom stereocenters. The fourth-order valence-electron chi connectivity index (χ4n) is 2.67. The molecular formula is C16H28N2O4S. The number of carbonyl (C=O) groups is 2. The van der Waals surface area contributed by atoms with Crippen LogP contribution in [0.15, 0.2) is 0 Å². The van der Waals surface area contributed by atoms with Crippen LogP contribution < -0.4 is 10.6 Å². The summed E-state index contributed by atoms with van der Waals surface area (Å²) in [6, 6.07) is 0. The molecule has 0 aromatic heterocycles. The molecule has 0 aromatic carbocycles. The molecule has 0 aliphatic carbocycles. The van der Waals surface area contributed by atoms with Crippen molar-refractivity contribution in [2.24, 2.45) is 0 Å². The lowest BCUT2D eigenvalue weighted by Gasteiger charge is -2.11. The first-order valence-corrected chi connectivity index (χ1v) is 9.74. The summed E-state index contributed by atoms with van der Waals surface area (Å²) in [6.45, 7) is 2.86. The van der Waals surface area contributed by atoms with Gasteiger partial charge < -0.3 is 20.1 Å². The van der Waals surface area contributed by atoms with Crippen molar-refractivity contribution in [3.8, 4) is 0 Å². The van der Waals surface area contributed by atoms with Gasteiger partial charge in [-0.3, -0.25) is 9.59 Å². The first-order chi connectivity index (χ1) is 11.2. The van der Waals surface area contributed by atoms with E-state index in [0.29, 0.717) is 25.9 Å². The summed E-state index contributed by atoms with van der Waals surface area (Å²) in [5.41, 5.74) is 0. The summed E-state index contributed by atoms with van der Waals surface area (Å²) < 4.78 is 10.9. The number of nitrogens with one attached hydrogen (secondary N) is 2. The van der Waals surface area contributed by atoms with E-state index in [2.05, 4.69) is 10.6 Å². The van der Waals surface area contributed by atoms with Gasteiger partial charge in [0.1, 0.15) is 0 Å². The number of hydrogen-bond donors (Lipinski definition) is 2. The van der Waals surface area contributed by atoms with E-state index >= 15 is 0 Å². The third-order valence-electron chi connectivity index (χ3n) is 4.05. The normalized spacial score (nSPS) is 23.8. The van der Waals surface area contributed by atoms with Crippen molar-refractivity contribution in [1.82, 2.24) is 10.6 Å².